The van der Waals surface area contributed by atoms with E-state index in [1.54, 1.807) is 0 Å². The zero-order chi connectivity index (χ0) is 11.4. The van der Waals surface area contributed by atoms with E-state index in [1.807, 2.05) is 0 Å². The quantitative estimate of drug-likeness (QED) is 0.469. The van der Waals surface area contributed by atoms with Crippen LogP contribution in [-0.4, -0.2) is 74.3 Å². The van der Waals surface area contributed by atoms with Gasteiger partial charge in [-0.2, -0.15) is 0 Å². The molecule has 0 unspecified atom stereocenters. The van der Waals surface area contributed by atoms with Crippen LogP contribution in [0.5, 0.6) is 0 Å². The van der Waals surface area contributed by atoms with E-state index < -0.39 is 0 Å². The molecular formula is C12H32O6. The number of aliphatic hydroxyl groups excluding tert-OH is 3. The van der Waals surface area contributed by atoms with Crippen LogP contribution in [0.3, 0.4) is 0 Å². The van der Waals surface area contributed by atoms with Gasteiger partial charge in [-0.05, 0) is 0 Å². The number of aliphatic hydroxyl groups is 3. The van der Waals surface area contributed by atoms with Gasteiger partial charge in [-0.3, -0.25) is 0 Å². The second-order valence-electron chi connectivity index (χ2n) is 2.81. The van der Waals surface area contributed by atoms with Crippen LogP contribution in [0.2, 0.25) is 0 Å². The van der Waals surface area contributed by atoms with Crippen molar-refractivity contribution >= 4 is 0 Å². The maximum absolute atomic E-state index is 8.57. The van der Waals surface area contributed by atoms with Crippen molar-refractivity contribution in [2.45, 2.75) is 28.4 Å². The third-order valence-electron chi connectivity index (χ3n) is 1.52. The Balaban J connectivity index is -0.000000327. The van der Waals surface area contributed by atoms with Crippen molar-refractivity contribution in [1.82, 2.24) is 0 Å². The second-order valence-corrected chi connectivity index (χ2v) is 2.81. The van der Waals surface area contributed by atoms with Crippen molar-refractivity contribution in [2.75, 3.05) is 52.9 Å². The Bertz CT molecular complexity index is 113. The topological polar surface area (TPSA) is 88.4 Å². The smallest absolute Gasteiger partial charge is 0.104 e. The van der Waals surface area contributed by atoms with E-state index >= 15 is 0 Å². The van der Waals surface area contributed by atoms with Crippen molar-refractivity contribution in [3.63, 3.8) is 0 Å². The Morgan fingerprint density at radius 3 is 1.39 bits per heavy atom. The van der Waals surface area contributed by atoms with Gasteiger partial charge in [-0.25, -0.2) is 0 Å². The molecule has 6 heteroatoms. The van der Waals surface area contributed by atoms with Crippen molar-refractivity contribution in [1.29, 1.82) is 0 Å². The summed E-state index contributed by atoms with van der Waals surface area (Å²) < 4.78 is 15.4. The van der Waals surface area contributed by atoms with Crippen LogP contribution in [0.15, 0.2) is 0 Å². The Labute approximate surface area is 111 Å². The summed E-state index contributed by atoms with van der Waals surface area (Å²) in [5, 5.41) is 25.6. The molecule has 0 aliphatic rings. The lowest BCUT2D eigenvalue weighted by molar-refractivity contribution is -0.0733. The molecule has 0 aromatic heterocycles. The number of rotatable bonds is 11. The molecule has 116 valence electrons. The van der Waals surface area contributed by atoms with Gasteiger partial charge in [0.15, 0.2) is 0 Å². The molecule has 0 amide bonds. The van der Waals surface area contributed by atoms with Gasteiger partial charge in [0.1, 0.15) is 6.10 Å². The standard InChI is InChI=1S/C9H20O6.3CH4/c10-1-4-13-7-9(15-6-3-12)8-14-5-2-11;;;/h9-12H,1-8H2;3*1H4. The highest BCUT2D eigenvalue weighted by Crippen LogP contribution is 1.95. The van der Waals surface area contributed by atoms with Gasteiger partial charge in [0.2, 0.25) is 0 Å². The predicted octanol–water partition coefficient (Wildman–Crippen LogP) is 0.290. The van der Waals surface area contributed by atoms with Crippen molar-refractivity contribution in [2.24, 2.45) is 0 Å². The zero-order valence-electron chi connectivity index (χ0n) is 8.80. The maximum atomic E-state index is 8.57. The molecule has 6 nitrogen and oxygen atoms in total. The monoisotopic (exact) mass is 272 g/mol. The van der Waals surface area contributed by atoms with Gasteiger partial charge in [-0.15, -0.1) is 0 Å². The first-order chi connectivity index (χ1) is 7.35. The SMILES string of the molecule is C.C.C.OCCOCC(COCCO)OCCO. The van der Waals surface area contributed by atoms with Crippen LogP contribution in [-0.2, 0) is 14.2 Å². The van der Waals surface area contributed by atoms with Gasteiger partial charge in [0.25, 0.3) is 0 Å². The molecule has 0 saturated heterocycles. The first kappa shape index (κ1) is 26.3. The molecule has 0 aliphatic carbocycles. The summed E-state index contributed by atoms with van der Waals surface area (Å²) in [5.41, 5.74) is 0. The fourth-order valence-corrected chi connectivity index (χ4v) is 0.922. The number of hydrogen-bond acceptors (Lipinski definition) is 6. The molecule has 0 fully saturated rings. The van der Waals surface area contributed by atoms with Crippen molar-refractivity contribution in [3.8, 4) is 0 Å². The Hall–Kier alpha value is -0.240. The van der Waals surface area contributed by atoms with Crippen LogP contribution in [0.25, 0.3) is 0 Å². The third kappa shape index (κ3) is 18.1. The summed E-state index contributed by atoms with van der Waals surface area (Å²) in [6, 6.07) is 0. The molecule has 18 heavy (non-hydrogen) atoms. The molecular weight excluding hydrogens is 240 g/mol. The van der Waals surface area contributed by atoms with Gasteiger partial charge >= 0.3 is 0 Å². The highest BCUT2D eigenvalue weighted by Gasteiger charge is 2.09. The first-order valence-electron chi connectivity index (χ1n) is 4.94. The van der Waals surface area contributed by atoms with Gasteiger partial charge in [-0.1, -0.05) is 22.3 Å². The van der Waals surface area contributed by atoms with Gasteiger partial charge in [0, 0.05) is 0 Å². The molecule has 0 aromatic rings. The second kappa shape index (κ2) is 22.0. The van der Waals surface area contributed by atoms with Crippen LogP contribution < -0.4 is 0 Å². The average molecular weight is 272 g/mol. The Kier molecular flexibility index (Phi) is 32.2. The highest BCUT2D eigenvalue weighted by molar-refractivity contribution is 4.55. The first-order valence-corrected chi connectivity index (χ1v) is 4.94. The average Bonchev–Trinajstić information content (AvgIpc) is 2.25. The molecule has 0 atom stereocenters. The highest BCUT2D eigenvalue weighted by atomic mass is 16.6. The van der Waals surface area contributed by atoms with E-state index in [0.29, 0.717) is 13.2 Å². The Morgan fingerprint density at radius 2 is 1.06 bits per heavy atom. The van der Waals surface area contributed by atoms with Crippen LogP contribution in [0.1, 0.15) is 22.3 Å². The minimum Gasteiger partial charge on any atom is -0.394 e. The molecule has 0 rings (SSSR count). The predicted molar refractivity (Wildman–Crippen MR) is 72.8 cm³/mol. The van der Waals surface area contributed by atoms with Crippen LogP contribution >= 0.6 is 0 Å². The number of hydrogen-bond donors (Lipinski definition) is 3. The van der Waals surface area contributed by atoms with Gasteiger partial charge < -0.3 is 29.5 Å². The minimum atomic E-state index is -0.282. The lowest BCUT2D eigenvalue weighted by Crippen LogP contribution is -2.28. The zero-order valence-corrected chi connectivity index (χ0v) is 8.80. The fourth-order valence-electron chi connectivity index (χ4n) is 0.922. The van der Waals surface area contributed by atoms with E-state index in [0.717, 1.165) is 0 Å². The molecule has 3 N–H and O–H groups in total. The lowest BCUT2D eigenvalue weighted by atomic mass is 10.4. The third-order valence-corrected chi connectivity index (χ3v) is 1.52. The normalized spacial score (nSPS) is 9.33. The van der Waals surface area contributed by atoms with E-state index in [4.69, 9.17) is 29.5 Å². The van der Waals surface area contributed by atoms with Crippen molar-refractivity contribution in [3.05, 3.63) is 0 Å². The molecule has 0 radical (unpaired) electrons. The molecule has 0 saturated carbocycles. The van der Waals surface area contributed by atoms with Crippen LogP contribution in [0.4, 0.5) is 0 Å². The van der Waals surface area contributed by atoms with E-state index in [-0.39, 0.29) is 68.0 Å². The van der Waals surface area contributed by atoms with E-state index in [1.165, 1.54) is 0 Å². The van der Waals surface area contributed by atoms with E-state index in [9.17, 15) is 0 Å². The summed E-state index contributed by atoms with van der Waals surface area (Å²) in [6.07, 6.45) is -0.282. The minimum absolute atomic E-state index is 0. The fraction of sp³-hybridized carbons (Fsp3) is 1.00. The van der Waals surface area contributed by atoms with E-state index in [2.05, 4.69) is 0 Å². The molecule has 0 aliphatic heterocycles. The number of ether oxygens (including phenoxy) is 3. The molecule has 0 spiro atoms. The van der Waals surface area contributed by atoms with Crippen LogP contribution in [0, 0.1) is 0 Å². The lowest BCUT2D eigenvalue weighted by Gasteiger charge is -2.17. The molecule has 0 bridgehead atoms. The summed E-state index contributed by atoms with van der Waals surface area (Å²) >= 11 is 0. The summed E-state index contributed by atoms with van der Waals surface area (Å²) in [7, 11) is 0. The summed E-state index contributed by atoms with van der Waals surface area (Å²) in [6.45, 7) is 1.18. The summed E-state index contributed by atoms with van der Waals surface area (Å²) in [4.78, 5) is 0. The molecule has 0 heterocycles. The van der Waals surface area contributed by atoms with Crippen molar-refractivity contribution < 1.29 is 29.5 Å². The molecule has 0 aromatic carbocycles. The maximum Gasteiger partial charge on any atom is 0.104 e. The summed E-state index contributed by atoms with van der Waals surface area (Å²) in [5.74, 6) is 0. The largest absolute Gasteiger partial charge is 0.394 e. The van der Waals surface area contributed by atoms with Gasteiger partial charge in [0.05, 0.1) is 52.9 Å². The Morgan fingerprint density at radius 1 is 0.667 bits per heavy atom.